The topological polar surface area (TPSA) is 12.9 Å². The van der Waals surface area contributed by atoms with Gasteiger partial charge in [-0.25, -0.2) is 4.98 Å². The lowest BCUT2D eigenvalue weighted by molar-refractivity contribution is 0.795. The SMILES string of the molecule is CCCCc1ccc(-c2cccc3nc4ccccc4cc23)cc1. The predicted octanol–water partition coefficient (Wildman–Crippen LogP) is 6.40. The molecule has 0 fully saturated rings. The van der Waals surface area contributed by atoms with E-state index in [1.54, 1.807) is 0 Å². The van der Waals surface area contributed by atoms with E-state index in [1.807, 2.05) is 6.07 Å². The van der Waals surface area contributed by atoms with Crippen LogP contribution in [0.1, 0.15) is 25.3 Å². The highest BCUT2D eigenvalue weighted by atomic mass is 14.7. The lowest BCUT2D eigenvalue weighted by atomic mass is 9.97. The molecule has 1 nitrogen and oxygen atoms in total. The molecule has 0 unspecified atom stereocenters. The van der Waals surface area contributed by atoms with Crippen molar-refractivity contribution in [1.82, 2.24) is 4.98 Å². The van der Waals surface area contributed by atoms with Crippen molar-refractivity contribution in [2.75, 3.05) is 0 Å². The average Bonchev–Trinajstić information content (AvgIpc) is 2.64. The summed E-state index contributed by atoms with van der Waals surface area (Å²) in [6.07, 6.45) is 3.66. The molecule has 0 aliphatic carbocycles. The number of unbranched alkanes of at least 4 members (excludes halogenated alkanes) is 1. The molecule has 1 heteroatoms. The fourth-order valence-electron chi connectivity index (χ4n) is 3.28. The Kier molecular flexibility index (Phi) is 4.00. The Morgan fingerprint density at radius 1 is 0.792 bits per heavy atom. The molecule has 0 bridgehead atoms. The van der Waals surface area contributed by atoms with Gasteiger partial charge in [-0.15, -0.1) is 0 Å². The summed E-state index contributed by atoms with van der Waals surface area (Å²) in [6, 6.07) is 26.0. The molecule has 3 aromatic carbocycles. The minimum absolute atomic E-state index is 1.05. The number of rotatable bonds is 4. The van der Waals surface area contributed by atoms with Gasteiger partial charge >= 0.3 is 0 Å². The summed E-state index contributed by atoms with van der Waals surface area (Å²) in [5.41, 5.74) is 6.05. The van der Waals surface area contributed by atoms with Crippen LogP contribution in [0.2, 0.25) is 0 Å². The summed E-state index contributed by atoms with van der Waals surface area (Å²) in [5.74, 6) is 0. The van der Waals surface area contributed by atoms with Crippen molar-refractivity contribution in [3.05, 3.63) is 78.4 Å². The van der Waals surface area contributed by atoms with Gasteiger partial charge in [-0.2, -0.15) is 0 Å². The number of aromatic nitrogens is 1. The van der Waals surface area contributed by atoms with Crippen molar-refractivity contribution < 1.29 is 0 Å². The van der Waals surface area contributed by atoms with E-state index < -0.39 is 0 Å². The van der Waals surface area contributed by atoms with E-state index in [0.29, 0.717) is 0 Å². The first-order valence-electron chi connectivity index (χ1n) is 8.73. The lowest BCUT2D eigenvalue weighted by Crippen LogP contribution is -1.88. The molecule has 0 atom stereocenters. The molecule has 0 amide bonds. The van der Waals surface area contributed by atoms with E-state index in [0.717, 1.165) is 11.0 Å². The fourth-order valence-corrected chi connectivity index (χ4v) is 3.28. The average molecular weight is 311 g/mol. The third-order valence-corrected chi connectivity index (χ3v) is 4.64. The van der Waals surface area contributed by atoms with Crippen molar-refractivity contribution in [1.29, 1.82) is 0 Å². The van der Waals surface area contributed by atoms with E-state index in [1.165, 1.54) is 46.7 Å². The molecule has 0 radical (unpaired) electrons. The summed E-state index contributed by atoms with van der Waals surface area (Å²) < 4.78 is 0. The summed E-state index contributed by atoms with van der Waals surface area (Å²) in [6.45, 7) is 2.24. The van der Waals surface area contributed by atoms with Crippen LogP contribution in [0.25, 0.3) is 32.9 Å². The minimum Gasteiger partial charge on any atom is -0.248 e. The summed E-state index contributed by atoms with van der Waals surface area (Å²) in [7, 11) is 0. The Morgan fingerprint density at radius 3 is 2.42 bits per heavy atom. The third-order valence-electron chi connectivity index (χ3n) is 4.64. The van der Waals surface area contributed by atoms with E-state index >= 15 is 0 Å². The largest absolute Gasteiger partial charge is 0.248 e. The maximum atomic E-state index is 4.82. The Bertz CT molecular complexity index is 984. The number of pyridine rings is 1. The summed E-state index contributed by atoms with van der Waals surface area (Å²) >= 11 is 0. The molecular formula is C23H21N. The van der Waals surface area contributed by atoms with Crippen LogP contribution >= 0.6 is 0 Å². The second kappa shape index (κ2) is 6.45. The number of para-hydroxylation sites is 1. The molecule has 4 aromatic rings. The zero-order valence-electron chi connectivity index (χ0n) is 14.0. The van der Waals surface area contributed by atoms with Crippen LogP contribution in [0, 0.1) is 0 Å². The summed E-state index contributed by atoms with van der Waals surface area (Å²) in [5, 5.41) is 2.41. The fraction of sp³-hybridized carbons (Fsp3) is 0.174. The van der Waals surface area contributed by atoms with Crippen molar-refractivity contribution >= 4 is 21.8 Å². The number of hydrogen-bond acceptors (Lipinski definition) is 1. The first-order chi connectivity index (χ1) is 11.8. The molecule has 0 aliphatic rings. The highest BCUT2D eigenvalue weighted by Gasteiger charge is 2.06. The van der Waals surface area contributed by atoms with Crippen LogP contribution in [0.15, 0.2) is 72.8 Å². The standard InChI is InChI=1S/C23H21N/c1-2-3-7-17-12-14-18(15-13-17)20-9-6-11-23-21(20)16-19-8-4-5-10-22(19)24-23/h4-6,8-16H,2-3,7H2,1H3. The van der Waals surface area contributed by atoms with Gasteiger partial charge in [0.2, 0.25) is 0 Å². The van der Waals surface area contributed by atoms with Gasteiger partial charge in [0.15, 0.2) is 0 Å². The Morgan fingerprint density at radius 2 is 1.58 bits per heavy atom. The number of aryl methyl sites for hydroxylation is 1. The zero-order valence-corrected chi connectivity index (χ0v) is 14.0. The van der Waals surface area contributed by atoms with Gasteiger partial charge < -0.3 is 0 Å². The van der Waals surface area contributed by atoms with E-state index in [4.69, 9.17) is 4.98 Å². The Hall–Kier alpha value is -2.67. The number of nitrogens with zero attached hydrogens (tertiary/aromatic N) is 1. The monoisotopic (exact) mass is 311 g/mol. The van der Waals surface area contributed by atoms with Crippen LogP contribution in [-0.4, -0.2) is 4.98 Å². The zero-order chi connectivity index (χ0) is 16.4. The molecule has 0 saturated heterocycles. The number of benzene rings is 3. The molecule has 1 aromatic heterocycles. The quantitative estimate of drug-likeness (QED) is 0.397. The van der Waals surface area contributed by atoms with Crippen LogP contribution in [0.5, 0.6) is 0 Å². The van der Waals surface area contributed by atoms with Crippen LogP contribution < -0.4 is 0 Å². The van der Waals surface area contributed by atoms with E-state index in [2.05, 4.69) is 73.7 Å². The molecule has 0 saturated carbocycles. The van der Waals surface area contributed by atoms with Crippen molar-refractivity contribution in [3.8, 4) is 11.1 Å². The lowest BCUT2D eigenvalue weighted by Gasteiger charge is -2.09. The van der Waals surface area contributed by atoms with Crippen molar-refractivity contribution in [2.24, 2.45) is 0 Å². The van der Waals surface area contributed by atoms with Gasteiger partial charge in [-0.1, -0.05) is 67.9 Å². The smallest absolute Gasteiger partial charge is 0.0715 e. The second-order valence-electron chi connectivity index (χ2n) is 6.35. The highest BCUT2D eigenvalue weighted by molar-refractivity contribution is 6.01. The molecule has 0 spiro atoms. The van der Waals surface area contributed by atoms with Gasteiger partial charge in [-0.05, 0) is 47.7 Å². The number of hydrogen-bond donors (Lipinski definition) is 0. The minimum atomic E-state index is 1.05. The molecule has 4 rings (SSSR count). The Labute approximate surface area is 143 Å². The molecular weight excluding hydrogens is 290 g/mol. The van der Waals surface area contributed by atoms with Crippen LogP contribution in [-0.2, 0) is 6.42 Å². The van der Waals surface area contributed by atoms with Crippen LogP contribution in [0.4, 0.5) is 0 Å². The Balaban J connectivity index is 1.82. The predicted molar refractivity (Wildman–Crippen MR) is 103 cm³/mol. The second-order valence-corrected chi connectivity index (χ2v) is 6.35. The molecule has 0 aliphatic heterocycles. The highest BCUT2D eigenvalue weighted by Crippen LogP contribution is 2.30. The maximum Gasteiger partial charge on any atom is 0.0715 e. The molecule has 0 N–H and O–H groups in total. The molecule has 1 heterocycles. The van der Waals surface area contributed by atoms with Gasteiger partial charge in [0.1, 0.15) is 0 Å². The van der Waals surface area contributed by atoms with E-state index in [-0.39, 0.29) is 0 Å². The van der Waals surface area contributed by atoms with Gasteiger partial charge in [-0.3, -0.25) is 0 Å². The first kappa shape index (κ1) is 14.9. The molecule has 24 heavy (non-hydrogen) atoms. The third kappa shape index (κ3) is 2.78. The normalized spacial score (nSPS) is 11.2. The van der Waals surface area contributed by atoms with Crippen molar-refractivity contribution in [2.45, 2.75) is 26.2 Å². The van der Waals surface area contributed by atoms with Gasteiger partial charge in [0, 0.05) is 10.8 Å². The molecule has 118 valence electrons. The van der Waals surface area contributed by atoms with E-state index in [9.17, 15) is 0 Å². The summed E-state index contributed by atoms with van der Waals surface area (Å²) in [4.78, 5) is 4.82. The first-order valence-corrected chi connectivity index (χ1v) is 8.73. The number of fused-ring (bicyclic) bond motifs is 2. The van der Waals surface area contributed by atoms with Crippen molar-refractivity contribution in [3.63, 3.8) is 0 Å². The van der Waals surface area contributed by atoms with Gasteiger partial charge in [0.25, 0.3) is 0 Å². The maximum absolute atomic E-state index is 4.82. The van der Waals surface area contributed by atoms with Gasteiger partial charge in [0.05, 0.1) is 11.0 Å². The van der Waals surface area contributed by atoms with Crippen LogP contribution in [0.3, 0.4) is 0 Å².